The van der Waals surface area contributed by atoms with Gasteiger partial charge in [-0.1, -0.05) is 18.2 Å². The summed E-state index contributed by atoms with van der Waals surface area (Å²) in [5.74, 6) is 0.913. The van der Waals surface area contributed by atoms with Crippen molar-refractivity contribution >= 4 is 11.6 Å². The van der Waals surface area contributed by atoms with Crippen LogP contribution in [0.5, 0.6) is 0 Å². The van der Waals surface area contributed by atoms with Crippen LogP contribution in [0.4, 0.5) is 5.69 Å². The molecule has 0 bridgehead atoms. The van der Waals surface area contributed by atoms with Crippen molar-refractivity contribution in [2.45, 2.75) is 13.0 Å². The number of halogens is 1. The second-order valence-corrected chi connectivity index (χ2v) is 3.95. The van der Waals surface area contributed by atoms with Gasteiger partial charge in [-0.15, -0.1) is 0 Å². The molecule has 17 heavy (non-hydrogen) atoms. The molecular weight excluding hydrogens is 327 g/mol. The Labute approximate surface area is 119 Å². The van der Waals surface area contributed by atoms with Gasteiger partial charge in [0.25, 0.3) is 0 Å². The monoisotopic (exact) mass is 344 g/mol. The second-order valence-electron chi connectivity index (χ2n) is 3.95. The maximum Gasteiger partial charge on any atom is 0.364 e. The van der Waals surface area contributed by atoms with Gasteiger partial charge in [0.05, 0.1) is 6.08 Å². The molecule has 1 N–H and O–H groups in total. The molecule has 1 aliphatic rings. The van der Waals surface area contributed by atoms with E-state index in [0.717, 1.165) is 18.2 Å². The van der Waals surface area contributed by atoms with E-state index in [1.54, 1.807) is 0 Å². The van der Waals surface area contributed by atoms with Crippen molar-refractivity contribution in [2.24, 2.45) is 0 Å². The molecule has 1 unspecified atom stereocenters. The molecule has 1 heterocycles. The van der Waals surface area contributed by atoms with Crippen molar-refractivity contribution in [3.05, 3.63) is 42.6 Å². The fraction of sp³-hybridized carbons (Fsp3) is 0.308. The summed E-state index contributed by atoms with van der Waals surface area (Å²) >= 11 is 0. The largest absolute Gasteiger partial charge is 1.00 e. The number of ether oxygens (including phenoxy) is 1. The predicted octanol–water partition coefficient (Wildman–Crippen LogP) is -0.924. The Kier molecular flexibility index (Phi) is 5.47. The Morgan fingerprint density at radius 3 is 2.65 bits per heavy atom. The van der Waals surface area contributed by atoms with Crippen LogP contribution < -0.4 is 29.3 Å². The molecule has 1 aromatic rings. The predicted molar refractivity (Wildman–Crippen MR) is 65.8 cm³/mol. The summed E-state index contributed by atoms with van der Waals surface area (Å²) in [6.45, 7) is 2.91. The van der Waals surface area contributed by atoms with Crippen molar-refractivity contribution in [3.63, 3.8) is 0 Å². The van der Waals surface area contributed by atoms with Crippen LogP contribution in [-0.4, -0.2) is 30.2 Å². The Morgan fingerprint density at radius 1 is 1.35 bits per heavy atom. The molecule has 0 aliphatic carbocycles. The molecule has 0 amide bonds. The van der Waals surface area contributed by atoms with E-state index >= 15 is 0 Å². The van der Waals surface area contributed by atoms with Crippen LogP contribution in [0.15, 0.2) is 42.6 Å². The topological polar surface area (TPSA) is 24.3 Å². The van der Waals surface area contributed by atoms with Crippen molar-refractivity contribution < 1.29 is 33.3 Å². The van der Waals surface area contributed by atoms with E-state index in [1.807, 2.05) is 49.7 Å². The lowest BCUT2D eigenvalue weighted by Gasteiger charge is -1.98. The molecule has 0 aromatic heterocycles. The minimum absolute atomic E-state index is 0. The van der Waals surface area contributed by atoms with Gasteiger partial charge < -0.3 is 34.0 Å². The quantitative estimate of drug-likeness (QED) is 0.567. The van der Waals surface area contributed by atoms with Gasteiger partial charge in [0.2, 0.25) is 0 Å². The summed E-state index contributed by atoms with van der Waals surface area (Å²) in [6, 6.07) is 10.5. The molecule has 1 atom stereocenters. The lowest BCUT2D eigenvalue weighted by Crippen LogP contribution is -3.00. The van der Waals surface area contributed by atoms with Crippen LogP contribution >= 0.6 is 0 Å². The van der Waals surface area contributed by atoms with Gasteiger partial charge in [0.1, 0.15) is 7.05 Å². The van der Waals surface area contributed by atoms with E-state index in [0.29, 0.717) is 6.04 Å². The van der Waals surface area contributed by atoms with Crippen LogP contribution in [-0.2, 0) is 4.74 Å². The number of nitrogens with zero attached hydrogens (tertiary/aromatic N) is 1. The SMILES string of the molecule is CC1COC(C=CNc2ccccc2)=[N+]1C.[I-]. The average Bonchev–Trinajstić information content (AvgIpc) is 2.62. The van der Waals surface area contributed by atoms with Crippen LogP contribution in [0.25, 0.3) is 0 Å². The summed E-state index contributed by atoms with van der Waals surface area (Å²) in [4.78, 5) is 0. The second kappa shape index (κ2) is 6.64. The third-order valence-electron chi connectivity index (χ3n) is 2.73. The Hall–Kier alpha value is -1.04. The summed E-state index contributed by atoms with van der Waals surface area (Å²) in [6.07, 6.45) is 3.86. The number of rotatable bonds is 3. The van der Waals surface area contributed by atoms with Gasteiger partial charge in [-0.2, -0.15) is 4.58 Å². The summed E-state index contributed by atoms with van der Waals surface area (Å²) in [5.41, 5.74) is 1.08. The first-order chi connectivity index (χ1) is 7.77. The molecule has 92 valence electrons. The van der Waals surface area contributed by atoms with E-state index in [1.165, 1.54) is 0 Å². The fourth-order valence-corrected chi connectivity index (χ4v) is 1.55. The van der Waals surface area contributed by atoms with Gasteiger partial charge in [-0.05, 0) is 12.1 Å². The molecule has 0 fully saturated rings. The zero-order chi connectivity index (χ0) is 11.4. The highest BCUT2D eigenvalue weighted by Crippen LogP contribution is 2.06. The summed E-state index contributed by atoms with van der Waals surface area (Å²) < 4.78 is 7.66. The van der Waals surface area contributed by atoms with Gasteiger partial charge in [0, 0.05) is 18.8 Å². The molecule has 1 aliphatic heterocycles. The molecular formula is C13H17IN2O. The smallest absolute Gasteiger partial charge is 0.364 e. The fourth-order valence-electron chi connectivity index (χ4n) is 1.55. The highest BCUT2D eigenvalue weighted by Gasteiger charge is 2.25. The highest BCUT2D eigenvalue weighted by atomic mass is 127. The Bertz CT molecular complexity index is 415. The Morgan fingerprint density at radius 2 is 2.06 bits per heavy atom. The van der Waals surface area contributed by atoms with E-state index < -0.39 is 0 Å². The van der Waals surface area contributed by atoms with Crippen molar-refractivity contribution in [3.8, 4) is 0 Å². The standard InChI is InChI=1S/C13H16N2O.HI/c1-11-10-16-13(15(11)2)8-9-14-12-6-4-3-5-7-12;/h3-9,11H,10H2,1-2H3;1H. The minimum Gasteiger partial charge on any atom is -1.00 e. The van der Waals surface area contributed by atoms with Gasteiger partial charge >= 0.3 is 5.90 Å². The van der Waals surface area contributed by atoms with E-state index in [4.69, 9.17) is 4.74 Å². The summed E-state index contributed by atoms with van der Waals surface area (Å²) in [7, 11) is 2.04. The van der Waals surface area contributed by atoms with E-state index in [9.17, 15) is 0 Å². The van der Waals surface area contributed by atoms with Gasteiger partial charge in [0.15, 0.2) is 12.6 Å². The van der Waals surface area contributed by atoms with Crippen molar-refractivity contribution in [1.29, 1.82) is 0 Å². The zero-order valence-corrected chi connectivity index (χ0v) is 12.2. The average molecular weight is 344 g/mol. The third kappa shape index (κ3) is 3.73. The van der Waals surface area contributed by atoms with Crippen LogP contribution in [0.3, 0.4) is 0 Å². The number of para-hydroxylation sites is 1. The minimum atomic E-state index is 0. The molecule has 0 spiro atoms. The number of anilines is 1. The molecule has 1 aromatic carbocycles. The Balaban J connectivity index is 0.00000144. The van der Waals surface area contributed by atoms with Crippen molar-refractivity contribution in [1.82, 2.24) is 0 Å². The van der Waals surface area contributed by atoms with Crippen LogP contribution in [0.2, 0.25) is 0 Å². The molecule has 0 radical (unpaired) electrons. The number of hydrogen-bond donors (Lipinski definition) is 1. The molecule has 4 heteroatoms. The first-order valence-corrected chi connectivity index (χ1v) is 5.48. The first kappa shape index (κ1) is 14.0. The van der Waals surface area contributed by atoms with Gasteiger partial charge in [-0.25, -0.2) is 0 Å². The summed E-state index contributed by atoms with van der Waals surface area (Å²) in [5, 5.41) is 3.20. The maximum absolute atomic E-state index is 5.53. The van der Waals surface area contributed by atoms with Gasteiger partial charge in [-0.3, -0.25) is 0 Å². The number of nitrogens with one attached hydrogen (secondary N) is 1. The normalized spacial score (nSPS) is 19.1. The van der Waals surface area contributed by atoms with E-state index in [2.05, 4.69) is 16.8 Å². The highest BCUT2D eigenvalue weighted by molar-refractivity contribution is 5.84. The zero-order valence-electron chi connectivity index (χ0n) is 10.1. The van der Waals surface area contributed by atoms with Crippen LogP contribution in [0.1, 0.15) is 6.92 Å². The molecule has 3 nitrogen and oxygen atoms in total. The molecule has 0 saturated heterocycles. The van der Waals surface area contributed by atoms with E-state index in [-0.39, 0.29) is 24.0 Å². The lowest BCUT2D eigenvalue weighted by atomic mass is 10.3. The lowest BCUT2D eigenvalue weighted by molar-refractivity contribution is -0.522. The van der Waals surface area contributed by atoms with Crippen molar-refractivity contribution in [2.75, 3.05) is 19.0 Å². The molecule has 0 saturated carbocycles. The number of benzene rings is 1. The number of likely N-dealkylation sites (N-methyl/N-ethyl adjacent to an activating group) is 1. The first-order valence-electron chi connectivity index (χ1n) is 5.48. The number of hydrogen-bond acceptors (Lipinski definition) is 2. The third-order valence-corrected chi connectivity index (χ3v) is 2.73. The van der Waals surface area contributed by atoms with Crippen LogP contribution in [0, 0.1) is 0 Å². The maximum atomic E-state index is 5.53. The molecule has 2 rings (SSSR count).